The summed E-state index contributed by atoms with van der Waals surface area (Å²) in [6.07, 6.45) is -0.0407. The number of aliphatic hydroxyl groups excluding tert-OH is 3. The number of carboxylic acid groups (broad SMARTS) is 1. The molecular weight excluding hydrogens is 346 g/mol. The summed E-state index contributed by atoms with van der Waals surface area (Å²) in [5, 5.41) is 41.2. The maximum Gasteiger partial charge on any atom is 0.320 e. The van der Waals surface area contributed by atoms with Crippen LogP contribution in [0.1, 0.15) is 19.3 Å². The Morgan fingerprint density at radius 3 is 2.73 bits per heavy atom. The van der Waals surface area contributed by atoms with Gasteiger partial charge >= 0.3 is 5.97 Å². The lowest BCUT2D eigenvalue weighted by molar-refractivity contribution is -0.138. The van der Waals surface area contributed by atoms with Gasteiger partial charge in [-0.05, 0) is 25.5 Å². The average Bonchev–Trinajstić information content (AvgIpc) is 2.89. The van der Waals surface area contributed by atoms with Crippen molar-refractivity contribution in [1.82, 2.24) is 10.2 Å². The second-order valence-corrected chi connectivity index (χ2v) is 6.31. The van der Waals surface area contributed by atoms with Gasteiger partial charge in [-0.2, -0.15) is 0 Å². The highest BCUT2D eigenvalue weighted by Crippen LogP contribution is 2.26. The Hall–Kier alpha value is -1.76. The molecule has 0 aromatic heterocycles. The summed E-state index contributed by atoms with van der Waals surface area (Å²) in [4.78, 5) is 16.5. The van der Waals surface area contributed by atoms with E-state index in [0.29, 0.717) is 31.6 Å². The zero-order valence-electron chi connectivity index (χ0n) is 14.3. The third kappa shape index (κ3) is 4.90. The number of ether oxygens (including phenoxy) is 1. The number of nitrogens with two attached hydrogens (primary N) is 2. The van der Waals surface area contributed by atoms with Crippen LogP contribution in [0.4, 0.5) is 0 Å². The van der Waals surface area contributed by atoms with Crippen molar-refractivity contribution in [2.75, 3.05) is 13.2 Å². The van der Waals surface area contributed by atoms with Crippen molar-refractivity contribution in [2.45, 2.75) is 56.1 Å². The Balaban J connectivity index is 1.89. The first kappa shape index (κ1) is 20.6. The summed E-state index contributed by atoms with van der Waals surface area (Å²) >= 11 is 0. The molecule has 26 heavy (non-hydrogen) atoms. The van der Waals surface area contributed by atoms with Crippen LogP contribution in [0.2, 0.25) is 0 Å². The minimum atomic E-state index is -1.22. The fourth-order valence-electron chi connectivity index (χ4n) is 2.84. The molecule has 0 bridgehead atoms. The molecule has 0 amide bonds. The molecular formula is C15H27N5O6. The van der Waals surface area contributed by atoms with Crippen molar-refractivity contribution in [1.29, 1.82) is 0 Å². The van der Waals surface area contributed by atoms with E-state index in [1.807, 2.05) is 0 Å². The molecule has 0 radical (unpaired) electrons. The SMILES string of the molecule is NC1=NC(NCCCCC(N)C(=O)O)N([C@@H]2O[C@H](CO)C(O)[C@@H]2O)C=C1. The average molecular weight is 373 g/mol. The van der Waals surface area contributed by atoms with E-state index in [9.17, 15) is 20.1 Å². The number of rotatable bonds is 9. The second-order valence-electron chi connectivity index (χ2n) is 6.31. The summed E-state index contributed by atoms with van der Waals surface area (Å²) in [6, 6.07) is -0.878. The number of hydrogen-bond acceptors (Lipinski definition) is 10. The van der Waals surface area contributed by atoms with Gasteiger partial charge in [-0.3, -0.25) is 10.1 Å². The van der Waals surface area contributed by atoms with E-state index in [2.05, 4.69) is 10.3 Å². The molecule has 0 spiro atoms. The number of unbranched alkanes of at least 4 members (excludes halogenated alkanes) is 1. The molecule has 2 aliphatic rings. The lowest BCUT2D eigenvalue weighted by Gasteiger charge is -2.36. The summed E-state index contributed by atoms with van der Waals surface area (Å²) in [5.74, 6) is -0.735. The van der Waals surface area contributed by atoms with Crippen molar-refractivity contribution in [3.63, 3.8) is 0 Å². The van der Waals surface area contributed by atoms with Gasteiger partial charge in [-0.15, -0.1) is 0 Å². The molecule has 0 aromatic rings. The van der Waals surface area contributed by atoms with E-state index in [1.165, 1.54) is 0 Å². The van der Waals surface area contributed by atoms with Crippen LogP contribution < -0.4 is 16.8 Å². The third-order valence-corrected chi connectivity index (χ3v) is 4.37. The zero-order valence-corrected chi connectivity index (χ0v) is 14.3. The first-order valence-corrected chi connectivity index (χ1v) is 8.48. The Morgan fingerprint density at radius 2 is 2.12 bits per heavy atom. The molecule has 3 unspecified atom stereocenters. The number of aliphatic imine (C=N–C) groups is 1. The number of nitrogens with zero attached hydrogens (tertiary/aromatic N) is 2. The predicted octanol–water partition coefficient (Wildman–Crippen LogP) is -2.93. The van der Waals surface area contributed by atoms with Crippen LogP contribution >= 0.6 is 0 Å². The van der Waals surface area contributed by atoms with Crippen molar-refractivity contribution in [3.05, 3.63) is 12.3 Å². The predicted molar refractivity (Wildman–Crippen MR) is 91.6 cm³/mol. The molecule has 1 fully saturated rings. The van der Waals surface area contributed by atoms with Gasteiger partial charge in [0.1, 0.15) is 30.2 Å². The van der Waals surface area contributed by atoms with Gasteiger partial charge in [0.15, 0.2) is 12.5 Å². The molecule has 2 aliphatic heterocycles. The Morgan fingerprint density at radius 1 is 1.38 bits per heavy atom. The number of aliphatic carboxylic acids is 1. The highest BCUT2D eigenvalue weighted by atomic mass is 16.6. The highest BCUT2D eigenvalue weighted by molar-refractivity contribution is 5.91. The van der Waals surface area contributed by atoms with Gasteiger partial charge in [0.2, 0.25) is 0 Å². The minimum absolute atomic E-state index is 0.290. The van der Waals surface area contributed by atoms with E-state index in [-0.39, 0.29) is 0 Å². The first-order chi connectivity index (χ1) is 12.3. The Bertz CT molecular complexity index is 545. The smallest absolute Gasteiger partial charge is 0.320 e. The van der Waals surface area contributed by atoms with Crippen LogP contribution in [0.5, 0.6) is 0 Å². The first-order valence-electron chi connectivity index (χ1n) is 8.48. The van der Waals surface area contributed by atoms with Crippen molar-refractivity contribution < 1.29 is 30.0 Å². The van der Waals surface area contributed by atoms with Crippen LogP contribution in [-0.2, 0) is 9.53 Å². The largest absolute Gasteiger partial charge is 0.480 e. The summed E-state index contributed by atoms with van der Waals surface area (Å²) in [6.45, 7) is 0.0898. The molecule has 11 heteroatoms. The molecule has 11 nitrogen and oxygen atoms in total. The van der Waals surface area contributed by atoms with E-state index >= 15 is 0 Å². The molecule has 0 saturated carbocycles. The molecule has 148 valence electrons. The van der Waals surface area contributed by atoms with Gasteiger partial charge in [0.25, 0.3) is 0 Å². The van der Waals surface area contributed by atoms with Crippen molar-refractivity contribution >= 4 is 11.8 Å². The van der Waals surface area contributed by atoms with E-state index in [1.54, 1.807) is 17.2 Å². The highest BCUT2D eigenvalue weighted by Gasteiger charge is 2.46. The number of amidine groups is 1. The van der Waals surface area contributed by atoms with Gasteiger partial charge in [0.05, 0.1) is 6.61 Å². The third-order valence-electron chi connectivity index (χ3n) is 4.37. The van der Waals surface area contributed by atoms with Crippen molar-refractivity contribution in [2.24, 2.45) is 16.5 Å². The van der Waals surface area contributed by atoms with Gasteiger partial charge < -0.3 is 41.5 Å². The molecule has 0 aromatic carbocycles. The van der Waals surface area contributed by atoms with Gasteiger partial charge in [0, 0.05) is 6.20 Å². The number of nitrogens with one attached hydrogen (secondary N) is 1. The molecule has 6 atom stereocenters. The number of carbonyl (C=O) groups is 1. The molecule has 9 N–H and O–H groups in total. The van der Waals surface area contributed by atoms with Crippen LogP contribution in [0, 0.1) is 0 Å². The topological polar surface area (TPSA) is 187 Å². The lowest BCUT2D eigenvalue weighted by atomic mass is 10.1. The zero-order chi connectivity index (χ0) is 19.3. The Kier molecular flexibility index (Phi) is 7.32. The van der Waals surface area contributed by atoms with Crippen LogP contribution in [0.15, 0.2) is 17.3 Å². The van der Waals surface area contributed by atoms with E-state index in [4.69, 9.17) is 21.3 Å². The van der Waals surface area contributed by atoms with Crippen LogP contribution in [0.3, 0.4) is 0 Å². The fraction of sp³-hybridized carbons (Fsp3) is 0.733. The minimum Gasteiger partial charge on any atom is -0.480 e. The van der Waals surface area contributed by atoms with E-state index < -0.39 is 49.4 Å². The number of carboxylic acids is 1. The normalized spacial score (nSPS) is 32.5. The second kappa shape index (κ2) is 9.26. The summed E-state index contributed by atoms with van der Waals surface area (Å²) in [7, 11) is 0. The fourth-order valence-corrected chi connectivity index (χ4v) is 2.84. The Labute approximate surface area is 150 Å². The lowest BCUT2D eigenvalue weighted by Crippen LogP contribution is -2.53. The maximum atomic E-state index is 10.7. The number of aliphatic hydroxyl groups is 3. The molecule has 0 aliphatic carbocycles. The maximum absolute atomic E-state index is 10.7. The number of hydrogen-bond donors (Lipinski definition) is 7. The van der Waals surface area contributed by atoms with Gasteiger partial charge in [-0.25, -0.2) is 4.99 Å². The quantitative estimate of drug-likeness (QED) is 0.206. The van der Waals surface area contributed by atoms with Crippen LogP contribution in [0.25, 0.3) is 0 Å². The van der Waals surface area contributed by atoms with Crippen molar-refractivity contribution in [3.8, 4) is 0 Å². The molecule has 2 rings (SSSR count). The van der Waals surface area contributed by atoms with Crippen LogP contribution in [-0.4, -0.2) is 87.2 Å². The van der Waals surface area contributed by atoms with Gasteiger partial charge in [-0.1, -0.05) is 6.42 Å². The standard InChI is InChI=1S/C15H27N5O6/c16-8(14(24)25)3-1-2-5-18-15-19-10(17)4-6-20(15)13-12(23)11(22)9(7-21)26-13/h4,6,8-9,11-13,15,18,21-23H,1-3,5,7,16H2,(H2,17,19)(H,24,25)/t8?,9-,11?,12+,13-,15?/m1/s1. The molecule has 1 saturated heterocycles. The van der Waals surface area contributed by atoms with E-state index in [0.717, 1.165) is 0 Å². The summed E-state index contributed by atoms with van der Waals surface area (Å²) in [5.41, 5.74) is 11.2. The molecule has 2 heterocycles. The summed E-state index contributed by atoms with van der Waals surface area (Å²) < 4.78 is 5.52. The monoisotopic (exact) mass is 373 g/mol.